The second kappa shape index (κ2) is 8.25. The van der Waals surface area contributed by atoms with Crippen molar-refractivity contribution < 1.29 is 27.2 Å². The van der Waals surface area contributed by atoms with E-state index in [4.69, 9.17) is 0 Å². The molecular weight excluding hydrogens is 428 g/mol. The quantitative estimate of drug-likeness (QED) is 0.451. The van der Waals surface area contributed by atoms with Crippen LogP contribution in [0.25, 0.3) is 11.0 Å². The van der Waals surface area contributed by atoms with Crippen molar-refractivity contribution >= 4 is 28.4 Å². The predicted octanol–water partition coefficient (Wildman–Crippen LogP) is 3.75. The Labute approximate surface area is 181 Å². The number of carbonyl (C=O) groups is 2. The van der Waals surface area contributed by atoms with Crippen molar-refractivity contribution in [2.45, 2.75) is 19.6 Å². The number of alkyl halides is 3. The summed E-state index contributed by atoms with van der Waals surface area (Å²) >= 11 is 0. The number of rotatable bonds is 4. The minimum atomic E-state index is -4.69. The van der Waals surface area contributed by atoms with Gasteiger partial charge in [0, 0.05) is 31.7 Å². The van der Waals surface area contributed by atoms with E-state index in [0.29, 0.717) is 18.8 Å². The number of imidazole rings is 1. The molecule has 0 saturated carbocycles. The molecule has 0 atom stereocenters. The van der Waals surface area contributed by atoms with Gasteiger partial charge < -0.3 is 14.4 Å². The lowest BCUT2D eigenvalue weighted by Crippen LogP contribution is -2.50. The maximum absolute atomic E-state index is 14.4. The summed E-state index contributed by atoms with van der Waals surface area (Å²) in [5, 5.41) is 0. The van der Waals surface area contributed by atoms with E-state index in [0.717, 1.165) is 4.57 Å². The Morgan fingerprint density at radius 1 is 1.03 bits per heavy atom. The Bertz CT molecular complexity index is 1180. The topological polar surface area (TPSA) is 58.4 Å². The number of carbonyl (C=O) groups excluding carboxylic acids is 2. The molecule has 1 aliphatic rings. The van der Waals surface area contributed by atoms with Gasteiger partial charge in [-0.2, -0.15) is 13.2 Å². The van der Waals surface area contributed by atoms with Crippen LogP contribution in [0.2, 0.25) is 0 Å². The summed E-state index contributed by atoms with van der Waals surface area (Å²) < 4.78 is 55.7. The van der Waals surface area contributed by atoms with E-state index in [1.807, 2.05) is 0 Å². The largest absolute Gasteiger partial charge is 0.449 e. The number of hydrogen-bond acceptors (Lipinski definition) is 4. The standard InChI is InChI=1S/C22H20F4N4O2/c1-14(31)15-6-7-18(16(23)12-15)28-8-10-29(11-9-28)20(32)13-30-19-5-3-2-4-17(19)27-21(30)22(24,25)26/h2-7,12H,8-11,13H2,1H3. The van der Waals surface area contributed by atoms with E-state index in [9.17, 15) is 27.2 Å². The number of Topliss-reactive ketones (excluding diaryl/α,β-unsaturated/α-hetero) is 1. The zero-order chi connectivity index (χ0) is 23.0. The van der Waals surface area contributed by atoms with Crippen LogP contribution in [-0.2, 0) is 17.5 Å². The normalized spacial score (nSPS) is 14.8. The third-order valence-corrected chi connectivity index (χ3v) is 5.53. The molecule has 0 radical (unpaired) electrons. The molecule has 2 heterocycles. The molecule has 0 unspecified atom stereocenters. The van der Waals surface area contributed by atoms with E-state index in [2.05, 4.69) is 4.98 Å². The fraction of sp³-hybridized carbons (Fsp3) is 0.318. The highest BCUT2D eigenvalue weighted by molar-refractivity contribution is 5.94. The molecular formula is C22H20F4N4O2. The van der Waals surface area contributed by atoms with Crippen molar-refractivity contribution in [1.29, 1.82) is 0 Å². The number of anilines is 1. The fourth-order valence-corrected chi connectivity index (χ4v) is 3.87. The molecule has 1 fully saturated rings. The first-order valence-electron chi connectivity index (χ1n) is 10.0. The number of hydrogen-bond donors (Lipinski definition) is 0. The Balaban J connectivity index is 1.48. The molecule has 1 amide bonds. The van der Waals surface area contributed by atoms with Crippen molar-refractivity contribution in [3.05, 3.63) is 59.7 Å². The molecule has 1 aliphatic heterocycles. The highest BCUT2D eigenvalue weighted by Gasteiger charge is 2.38. The fourth-order valence-electron chi connectivity index (χ4n) is 3.87. The number of fused-ring (bicyclic) bond motifs is 1. The lowest BCUT2D eigenvalue weighted by atomic mass is 10.1. The molecule has 1 aromatic heterocycles. The van der Waals surface area contributed by atoms with E-state index in [-0.39, 0.29) is 35.5 Å². The Hall–Kier alpha value is -3.43. The highest BCUT2D eigenvalue weighted by Crippen LogP contribution is 2.31. The van der Waals surface area contributed by atoms with Crippen LogP contribution in [0.15, 0.2) is 42.5 Å². The molecule has 0 aliphatic carbocycles. The van der Waals surface area contributed by atoms with Gasteiger partial charge in [0.15, 0.2) is 5.78 Å². The Morgan fingerprint density at radius 3 is 2.34 bits per heavy atom. The second-order valence-corrected chi connectivity index (χ2v) is 7.60. The molecule has 4 rings (SSSR count). The van der Waals surface area contributed by atoms with Gasteiger partial charge in [0.25, 0.3) is 0 Å². The maximum atomic E-state index is 14.4. The minimum absolute atomic E-state index is 0.168. The number of nitrogens with zero attached hydrogens (tertiary/aromatic N) is 4. The third-order valence-electron chi connectivity index (χ3n) is 5.53. The first-order chi connectivity index (χ1) is 15.1. The summed E-state index contributed by atoms with van der Waals surface area (Å²) in [6.07, 6.45) is -4.69. The summed E-state index contributed by atoms with van der Waals surface area (Å²) in [5.74, 6) is -2.35. The lowest BCUT2D eigenvalue weighted by Gasteiger charge is -2.36. The number of aromatic nitrogens is 2. The average Bonchev–Trinajstić information content (AvgIpc) is 3.13. The average molecular weight is 448 g/mol. The van der Waals surface area contributed by atoms with Gasteiger partial charge >= 0.3 is 6.18 Å². The number of para-hydroxylation sites is 2. The Morgan fingerprint density at radius 2 is 1.72 bits per heavy atom. The van der Waals surface area contributed by atoms with E-state index in [1.165, 1.54) is 36.1 Å². The molecule has 3 aromatic rings. The van der Waals surface area contributed by atoms with Crippen molar-refractivity contribution in [1.82, 2.24) is 14.5 Å². The van der Waals surface area contributed by atoms with Crippen LogP contribution in [0, 0.1) is 5.82 Å². The SMILES string of the molecule is CC(=O)c1ccc(N2CCN(C(=O)Cn3c(C(F)(F)F)nc4ccccc43)CC2)c(F)c1. The van der Waals surface area contributed by atoms with Crippen LogP contribution in [0.1, 0.15) is 23.1 Å². The number of halogens is 4. The van der Waals surface area contributed by atoms with Gasteiger partial charge in [-0.1, -0.05) is 12.1 Å². The molecule has 0 N–H and O–H groups in total. The molecule has 2 aromatic carbocycles. The predicted molar refractivity (Wildman–Crippen MR) is 110 cm³/mol. The second-order valence-electron chi connectivity index (χ2n) is 7.60. The molecule has 6 nitrogen and oxygen atoms in total. The van der Waals surface area contributed by atoms with Gasteiger partial charge in [0.1, 0.15) is 12.4 Å². The van der Waals surface area contributed by atoms with Crippen LogP contribution < -0.4 is 4.90 Å². The van der Waals surface area contributed by atoms with Gasteiger partial charge in [0.2, 0.25) is 11.7 Å². The van der Waals surface area contributed by atoms with Crippen LogP contribution in [0.4, 0.5) is 23.2 Å². The van der Waals surface area contributed by atoms with Crippen LogP contribution >= 0.6 is 0 Å². The van der Waals surface area contributed by atoms with Gasteiger partial charge in [-0.15, -0.1) is 0 Å². The van der Waals surface area contributed by atoms with Crippen LogP contribution in [0.3, 0.4) is 0 Å². The van der Waals surface area contributed by atoms with Gasteiger partial charge in [0.05, 0.1) is 16.7 Å². The van der Waals surface area contributed by atoms with Crippen molar-refractivity contribution in [2.24, 2.45) is 0 Å². The van der Waals surface area contributed by atoms with E-state index in [1.54, 1.807) is 23.1 Å². The van der Waals surface area contributed by atoms with E-state index < -0.39 is 30.3 Å². The van der Waals surface area contributed by atoms with Crippen molar-refractivity contribution in [3.8, 4) is 0 Å². The number of benzene rings is 2. The number of amides is 1. The summed E-state index contributed by atoms with van der Waals surface area (Å²) in [6.45, 7) is 1.97. The van der Waals surface area contributed by atoms with Crippen molar-refractivity contribution in [3.63, 3.8) is 0 Å². The molecule has 168 valence electrons. The van der Waals surface area contributed by atoms with Crippen LogP contribution in [0.5, 0.6) is 0 Å². The molecule has 0 bridgehead atoms. The third kappa shape index (κ3) is 4.17. The summed E-state index contributed by atoms with van der Waals surface area (Å²) in [5.41, 5.74) is 0.997. The molecule has 1 saturated heterocycles. The van der Waals surface area contributed by atoms with Gasteiger partial charge in [-0.3, -0.25) is 9.59 Å². The lowest BCUT2D eigenvalue weighted by molar-refractivity contribution is -0.148. The first kappa shape index (κ1) is 21.8. The van der Waals surface area contributed by atoms with Crippen LogP contribution in [-0.4, -0.2) is 52.3 Å². The summed E-state index contributed by atoms with van der Waals surface area (Å²) in [6, 6.07) is 10.4. The molecule has 0 spiro atoms. The highest BCUT2D eigenvalue weighted by atomic mass is 19.4. The van der Waals surface area contributed by atoms with Gasteiger partial charge in [-0.25, -0.2) is 9.37 Å². The maximum Gasteiger partial charge on any atom is 0.449 e. The monoisotopic (exact) mass is 448 g/mol. The number of piperazine rings is 1. The first-order valence-corrected chi connectivity index (χ1v) is 10.0. The molecule has 32 heavy (non-hydrogen) atoms. The molecule has 10 heteroatoms. The summed E-state index contributed by atoms with van der Waals surface area (Å²) in [4.78, 5) is 31.1. The minimum Gasteiger partial charge on any atom is -0.366 e. The zero-order valence-corrected chi connectivity index (χ0v) is 17.2. The zero-order valence-electron chi connectivity index (χ0n) is 17.2. The smallest absolute Gasteiger partial charge is 0.366 e. The summed E-state index contributed by atoms with van der Waals surface area (Å²) in [7, 11) is 0. The Kier molecular flexibility index (Phi) is 5.62. The van der Waals surface area contributed by atoms with Crippen molar-refractivity contribution in [2.75, 3.05) is 31.1 Å². The van der Waals surface area contributed by atoms with E-state index >= 15 is 0 Å². The van der Waals surface area contributed by atoms with Gasteiger partial charge in [-0.05, 0) is 37.3 Å². The number of ketones is 1.